The standard InChI is InChI=1S/C51H42N4O.Pd/c1-33-28-39(55-35(3)49(34(2)53-55)50-42(36-16-9-7-10-17-36)21-15-22-43(50)37-18-11-8-12-19-37)31-41(29-33)56-40-24-25-45-44-20-13-14-23-46(44)54(47(45)32-40)48-30-38(26-27-52-48)51(4,5)6;/h7-30H,1-6H3;/q-2;+2. The number of nitrogens with zero attached hydrogens (tertiary/aromatic N) is 4. The van der Waals surface area contributed by atoms with Gasteiger partial charge in [0, 0.05) is 40.0 Å². The molecule has 57 heavy (non-hydrogen) atoms. The average molecular weight is 833 g/mol. The summed E-state index contributed by atoms with van der Waals surface area (Å²) >= 11 is 0. The maximum atomic E-state index is 6.62. The molecule has 0 spiro atoms. The predicted octanol–water partition coefficient (Wildman–Crippen LogP) is 13.0. The van der Waals surface area contributed by atoms with Crippen LogP contribution < -0.4 is 4.74 Å². The average Bonchev–Trinajstić information content (AvgIpc) is 3.70. The Morgan fingerprint density at radius 2 is 1.28 bits per heavy atom. The van der Waals surface area contributed by atoms with E-state index in [0.29, 0.717) is 11.5 Å². The van der Waals surface area contributed by atoms with Gasteiger partial charge in [-0.05, 0) is 76.4 Å². The van der Waals surface area contributed by atoms with E-state index < -0.39 is 0 Å². The first-order chi connectivity index (χ1) is 27.1. The molecule has 0 aliphatic carbocycles. The van der Waals surface area contributed by atoms with Crippen LogP contribution in [0.4, 0.5) is 0 Å². The largest absolute Gasteiger partial charge is 2.00 e. The molecule has 0 aliphatic heterocycles. The summed E-state index contributed by atoms with van der Waals surface area (Å²) in [4.78, 5) is 4.84. The molecule has 0 saturated heterocycles. The zero-order valence-corrected chi connectivity index (χ0v) is 34.4. The summed E-state index contributed by atoms with van der Waals surface area (Å²) in [6.45, 7) is 13.0. The summed E-state index contributed by atoms with van der Waals surface area (Å²) in [7, 11) is 0. The molecule has 9 aromatic rings. The Labute approximate surface area is 348 Å². The van der Waals surface area contributed by atoms with Crippen LogP contribution in [0.3, 0.4) is 0 Å². The third-order valence-electron chi connectivity index (χ3n) is 10.6. The zero-order valence-electron chi connectivity index (χ0n) is 32.9. The predicted molar refractivity (Wildman–Crippen MR) is 229 cm³/mol. The van der Waals surface area contributed by atoms with Gasteiger partial charge in [0.2, 0.25) is 0 Å². The molecule has 0 fully saturated rings. The molecule has 0 radical (unpaired) electrons. The van der Waals surface area contributed by atoms with Crippen LogP contribution in [0.1, 0.15) is 43.3 Å². The summed E-state index contributed by atoms with van der Waals surface area (Å²) in [5, 5.41) is 7.39. The summed E-state index contributed by atoms with van der Waals surface area (Å²) in [6, 6.07) is 55.9. The minimum atomic E-state index is -0.0190. The number of aromatic nitrogens is 4. The minimum Gasteiger partial charge on any atom is -0.509 e. The molecule has 0 saturated carbocycles. The van der Waals surface area contributed by atoms with Gasteiger partial charge in [-0.2, -0.15) is 16.7 Å². The van der Waals surface area contributed by atoms with Crippen molar-refractivity contribution in [2.24, 2.45) is 0 Å². The second kappa shape index (κ2) is 15.1. The minimum absolute atomic E-state index is 0. The maximum absolute atomic E-state index is 6.62. The van der Waals surface area contributed by atoms with E-state index in [4.69, 9.17) is 14.8 Å². The van der Waals surface area contributed by atoms with Gasteiger partial charge in [0.15, 0.2) is 0 Å². The van der Waals surface area contributed by atoms with Crippen LogP contribution in [0.25, 0.3) is 66.7 Å². The van der Waals surface area contributed by atoms with Crippen LogP contribution in [0.5, 0.6) is 11.5 Å². The molecule has 6 heteroatoms. The van der Waals surface area contributed by atoms with Crippen molar-refractivity contribution < 1.29 is 25.2 Å². The molecule has 0 aliphatic rings. The monoisotopic (exact) mass is 832 g/mol. The number of ether oxygens (including phenoxy) is 1. The molecular formula is C51H42N4OPd. The number of pyridine rings is 1. The first-order valence-corrected chi connectivity index (χ1v) is 19.1. The van der Waals surface area contributed by atoms with E-state index in [0.717, 1.165) is 72.5 Å². The van der Waals surface area contributed by atoms with Crippen LogP contribution >= 0.6 is 0 Å². The molecule has 9 rings (SSSR count). The summed E-state index contributed by atoms with van der Waals surface area (Å²) in [5.41, 5.74) is 13.9. The second-order valence-electron chi connectivity index (χ2n) is 15.5. The molecule has 3 heterocycles. The van der Waals surface area contributed by atoms with E-state index in [1.807, 2.05) is 23.0 Å². The Balaban J connectivity index is 0.00000455. The Kier molecular flexibility index (Phi) is 10.0. The van der Waals surface area contributed by atoms with Crippen LogP contribution in [-0.2, 0) is 25.8 Å². The topological polar surface area (TPSA) is 44.9 Å². The SMILES string of the molecule is Cc1cc(Oc2[c-]c3c(cc2)c2ccccc2n3-c2cc(C(C)(C)C)ccn2)[c-]c(-n2nc(C)c(-c3c(-c4ccccc4)cccc3-c3ccccc3)c2C)c1.[Pd+2]. The smallest absolute Gasteiger partial charge is 0.509 e. The van der Waals surface area contributed by atoms with Crippen molar-refractivity contribution in [3.8, 4) is 56.4 Å². The molecule has 0 unspecified atom stereocenters. The van der Waals surface area contributed by atoms with Crippen LogP contribution in [0.15, 0.2) is 146 Å². The first kappa shape index (κ1) is 37.8. The number of fused-ring (bicyclic) bond motifs is 3. The zero-order chi connectivity index (χ0) is 38.6. The normalized spacial score (nSPS) is 11.5. The van der Waals surface area contributed by atoms with Gasteiger partial charge in [0.05, 0.1) is 5.69 Å². The van der Waals surface area contributed by atoms with Crippen molar-refractivity contribution in [1.29, 1.82) is 0 Å². The molecule has 0 N–H and O–H groups in total. The third-order valence-corrected chi connectivity index (χ3v) is 10.6. The fourth-order valence-corrected chi connectivity index (χ4v) is 7.91. The third kappa shape index (κ3) is 7.01. The Morgan fingerprint density at radius 1 is 0.614 bits per heavy atom. The summed E-state index contributed by atoms with van der Waals surface area (Å²) in [5.74, 6) is 2.04. The molecule has 0 bridgehead atoms. The number of hydrogen-bond donors (Lipinski definition) is 0. The van der Waals surface area contributed by atoms with Crippen LogP contribution in [0, 0.1) is 32.9 Å². The van der Waals surface area contributed by atoms with Crippen LogP contribution in [-0.4, -0.2) is 19.3 Å². The van der Waals surface area contributed by atoms with Crippen molar-refractivity contribution in [2.75, 3.05) is 0 Å². The fraction of sp³-hybridized carbons (Fsp3) is 0.137. The van der Waals surface area contributed by atoms with Crippen molar-refractivity contribution in [3.63, 3.8) is 0 Å². The fourth-order valence-electron chi connectivity index (χ4n) is 7.91. The number of para-hydroxylation sites is 1. The van der Waals surface area contributed by atoms with Gasteiger partial charge in [-0.3, -0.25) is 4.68 Å². The van der Waals surface area contributed by atoms with Gasteiger partial charge in [-0.25, -0.2) is 4.98 Å². The van der Waals surface area contributed by atoms with Crippen molar-refractivity contribution in [3.05, 3.63) is 180 Å². The molecule has 5 nitrogen and oxygen atoms in total. The van der Waals surface area contributed by atoms with E-state index >= 15 is 0 Å². The first-order valence-electron chi connectivity index (χ1n) is 19.1. The van der Waals surface area contributed by atoms with Crippen molar-refractivity contribution >= 4 is 21.8 Å². The Hall–Kier alpha value is -6.06. The van der Waals surface area contributed by atoms with Crippen molar-refractivity contribution in [2.45, 2.75) is 47.0 Å². The molecule has 0 amide bonds. The van der Waals surface area contributed by atoms with E-state index in [1.54, 1.807) is 0 Å². The second-order valence-corrected chi connectivity index (χ2v) is 15.5. The Bertz CT molecular complexity index is 2840. The van der Waals surface area contributed by atoms with Gasteiger partial charge >= 0.3 is 20.4 Å². The van der Waals surface area contributed by atoms with Gasteiger partial charge in [0.1, 0.15) is 5.82 Å². The maximum Gasteiger partial charge on any atom is 2.00 e. The van der Waals surface area contributed by atoms with E-state index in [-0.39, 0.29) is 25.8 Å². The molecule has 6 aromatic carbocycles. The number of hydrogen-bond acceptors (Lipinski definition) is 3. The van der Waals surface area contributed by atoms with E-state index in [2.05, 4.69) is 186 Å². The molecule has 0 atom stereocenters. The van der Waals surface area contributed by atoms with E-state index in [9.17, 15) is 0 Å². The van der Waals surface area contributed by atoms with Crippen LogP contribution in [0.2, 0.25) is 0 Å². The van der Waals surface area contributed by atoms with Gasteiger partial charge in [-0.1, -0.05) is 130 Å². The number of aryl methyl sites for hydroxylation is 2. The molecule has 282 valence electrons. The molecule has 3 aromatic heterocycles. The van der Waals surface area contributed by atoms with Gasteiger partial charge in [-0.15, -0.1) is 35.7 Å². The molecular weight excluding hydrogens is 791 g/mol. The Morgan fingerprint density at radius 3 is 1.96 bits per heavy atom. The quantitative estimate of drug-likeness (QED) is 0.119. The van der Waals surface area contributed by atoms with Gasteiger partial charge in [0.25, 0.3) is 0 Å². The van der Waals surface area contributed by atoms with E-state index in [1.165, 1.54) is 16.7 Å². The summed E-state index contributed by atoms with van der Waals surface area (Å²) < 4.78 is 10.8. The number of benzene rings is 6. The summed E-state index contributed by atoms with van der Waals surface area (Å²) in [6.07, 6.45) is 1.90. The van der Waals surface area contributed by atoms with Gasteiger partial charge < -0.3 is 9.30 Å². The number of rotatable bonds is 7. The van der Waals surface area contributed by atoms with Crippen molar-refractivity contribution in [1.82, 2.24) is 19.3 Å².